The summed E-state index contributed by atoms with van der Waals surface area (Å²) in [4.78, 5) is 0.869. The van der Waals surface area contributed by atoms with Crippen molar-refractivity contribution in [2.75, 3.05) is 0 Å². The molecule has 0 bridgehead atoms. The molecular formula is C24H18N5OS+. The number of hydrogen-bond acceptors (Lipinski definition) is 6. The number of nitrogens with zero attached hydrogens (tertiary/aromatic N) is 3. The van der Waals surface area contributed by atoms with E-state index in [9.17, 15) is 15.6 Å². The number of aliphatic hydroxyl groups is 1. The maximum Gasteiger partial charge on any atom is 0.227 e. The first-order chi connectivity index (χ1) is 15.1. The number of pyridine rings is 1. The number of thiophene rings is 1. The van der Waals surface area contributed by atoms with Crippen molar-refractivity contribution in [3.8, 4) is 12.1 Å². The van der Waals surface area contributed by atoms with Crippen molar-refractivity contribution >= 4 is 17.2 Å². The lowest BCUT2D eigenvalue weighted by atomic mass is 9.75. The predicted octanol–water partition coefficient (Wildman–Crippen LogP) is 3.29. The summed E-state index contributed by atoms with van der Waals surface area (Å²) in [6.45, 7) is 0. The Hall–Kier alpha value is -4.00. The average molecular weight is 425 g/mol. The number of benzene rings is 1. The number of hydrogen-bond donors (Lipinski definition) is 3. The molecule has 0 saturated carbocycles. The quantitative estimate of drug-likeness (QED) is 0.339. The monoisotopic (exact) mass is 424 g/mol. The van der Waals surface area contributed by atoms with Crippen LogP contribution in [0, 0.1) is 28.1 Å². The Kier molecular flexibility index (Phi) is 5.49. The van der Waals surface area contributed by atoms with E-state index in [4.69, 9.17) is 5.41 Å². The molecule has 2 aromatic heterocycles. The molecule has 3 N–H and O–H groups in total. The second-order valence-corrected chi connectivity index (χ2v) is 8.01. The van der Waals surface area contributed by atoms with Gasteiger partial charge in [0.2, 0.25) is 11.8 Å². The van der Waals surface area contributed by atoms with Crippen molar-refractivity contribution in [2.45, 2.75) is 17.7 Å². The molecule has 150 valence electrons. The molecule has 0 fully saturated rings. The van der Waals surface area contributed by atoms with Gasteiger partial charge < -0.3 is 10.4 Å². The van der Waals surface area contributed by atoms with E-state index in [1.165, 1.54) is 11.3 Å². The Balaban J connectivity index is 2.09. The Morgan fingerprint density at radius 1 is 1.06 bits per heavy atom. The molecule has 4 rings (SSSR count). The van der Waals surface area contributed by atoms with Gasteiger partial charge in [0, 0.05) is 22.6 Å². The summed E-state index contributed by atoms with van der Waals surface area (Å²) in [6.07, 6.45) is 3.69. The highest BCUT2D eigenvalue weighted by molar-refractivity contribution is 7.10. The zero-order valence-corrected chi connectivity index (χ0v) is 17.2. The fourth-order valence-corrected chi connectivity index (χ4v) is 4.91. The van der Waals surface area contributed by atoms with Crippen LogP contribution in [0.2, 0.25) is 0 Å². The maximum absolute atomic E-state index is 12.2. The van der Waals surface area contributed by atoms with E-state index in [-0.39, 0.29) is 16.8 Å². The summed E-state index contributed by atoms with van der Waals surface area (Å²) in [5.41, 5.74) is -0.826. The summed E-state index contributed by atoms with van der Waals surface area (Å²) in [7, 11) is 0. The summed E-state index contributed by atoms with van der Waals surface area (Å²) < 4.78 is 1.87. The Morgan fingerprint density at radius 2 is 1.77 bits per heavy atom. The van der Waals surface area contributed by atoms with Crippen LogP contribution in [-0.4, -0.2) is 11.0 Å². The highest BCUT2D eigenvalue weighted by Gasteiger charge is 2.56. The Morgan fingerprint density at radius 3 is 2.35 bits per heavy atom. The smallest absolute Gasteiger partial charge is 0.227 e. The van der Waals surface area contributed by atoms with Gasteiger partial charge in [0.15, 0.2) is 12.4 Å². The van der Waals surface area contributed by atoms with Crippen molar-refractivity contribution in [1.82, 2.24) is 5.32 Å². The summed E-state index contributed by atoms with van der Waals surface area (Å²) in [6, 6.07) is 22.0. The van der Waals surface area contributed by atoms with Crippen molar-refractivity contribution in [2.24, 2.45) is 0 Å². The minimum atomic E-state index is -1.67. The SMILES string of the molecule is N#CC(=C=N)C1=C(C#N)[C@H](c2cccs2)[C@@H]([n+]2ccccc2)[C@](O)(c2ccccc2)N1. The molecule has 1 aliphatic heterocycles. The van der Waals surface area contributed by atoms with E-state index in [0.717, 1.165) is 4.88 Å². The van der Waals surface area contributed by atoms with Gasteiger partial charge >= 0.3 is 0 Å². The van der Waals surface area contributed by atoms with E-state index in [1.54, 1.807) is 12.1 Å². The summed E-state index contributed by atoms with van der Waals surface area (Å²) >= 11 is 1.47. The standard InChI is InChI=1S/C24H18N5OS/c25-14-17(15-26)22-19(16-27)21(20-10-7-13-31-20)23(29-11-5-2-6-12-29)24(30,28-22)18-8-3-1-4-9-18/h1-13,21,23,25,28,30H/q+1/t21-,23-,24-/m1/s1. The molecule has 1 aromatic carbocycles. The maximum atomic E-state index is 12.2. The molecular weight excluding hydrogens is 406 g/mol. The van der Waals surface area contributed by atoms with Crippen LogP contribution in [0.4, 0.5) is 0 Å². The molecule has 0 amide bonds. The van der Waals surface area contributed by atoms with Crippen LogP contribution in [-0.2, 0) is 5.72 Å². The first kappa shape index (κ1) is 20.3. The second kappa shape index (κ2) is 8.39. The van der Waals surface area contributed by atoms with Gasteiger partial charge in [0.25, 0.3) is 0 Å². The molecule has 6 nitrogen and oxygen atoms in total. The van der Waals surface area contributed by atoms with Gasteiger partial charge in [-0.05, 0) is 17.3 Å². The molecule has 3 atom stereocenters. The average Bonchev–Trinajstić information content (AvgIpc) is 3.35. The van der Waals surface area contributed by atoms with E-state index in [1.807, 2.05) is 76.9 Å². The zero-order chi connectivity index (χ0) is 21.8. The normalized spacial score (nSPS) is 22.5. The van der Waals surface area contributed by atoms with E-state index in [2.05, 4.69) is 17.3 Å². The lowest BCUT2D eigenvalue weighted by molar-refractivity contribution is -0.743. The van der Waals surface area contributed by atoms with Crippen LogP contribution in [0.15, 0.2) is 95.3 Å². The van der Waals surface area contributed by atoms with Gasteiger partial charge in [-0.1, -0.05) is 42.5 Å². The molecule has 0 saturated heterocycles. The van der Waals surface area contributed by atoms with Gasteiger partial charge in [-0.3, -0.25) is 5.41 Å². The molecule has 7 heteroatoms. The third kappa shape index (κ3) is 3.44. The lowest BCUT2D eigenvalue weighted by Crippen LogP contribution is -2.62. The van der Waals surface area contributed by atoms with Gasteiger partial charge in [-0.15, -0.1) is 11.3 Å². The van der Waals surface area contributed by atoms with Gasteiger partial charge in [0.1, 0.15) is 11.6 Å². The van der Waals surface area contributed by atoms with Crippen LogP contribution < -0.4 is 9.88 Å². The van der Waals surface area contributed by atoms with Crippen molar-refractivity contribution in [3.05, 3.63) is 106 Å². The third-order valence-electron chi connectivity index (χ3n) is 5.37. The van der Waals surface area contributed by atoms with E-state index >= 15 is 0 Å². The van der Waals surface area contributed by atoms with Crippen LogP contribution >= 0.6 is 11.3 Å². The topological polar surface area (TPSA) is 108 Å². The molecule has 0 unspecified atom stereocenters. The molecule has 1 aliphatic rings. The first-order valence-corrected chi connectivity index (χ1v) is 10.4. The molecule has 0 radical (unpaired) electrons. The van der Waals surface area contributed by atoms with Gasteiger partial charge in [0.05, 0.1) is 23.3 Å². The number of allylic oxidation sites excluding steroid dienone is 2. The highest BCUT2D eigenvalue weighted by Crippen LogP contribution is 2.48. The molecule has 3 aromatic rings. The number of nitriles is 2. The van der Waals surface area contributed by atoms with Crippen LogP contribution in [0.1, 0.15) is 22.4 Å². The minimum absolute atomic E-state index is 0.123. The van der Waals surface area contributed by atoms with Gasteiger partial charge in [-0.25, -0.2) is 0 Å². The highest BCUT2D eigenvalue weighted by atomic mass is 32.1. The molecule has 0 aliphatic carbocycles. The first-order valence-electron chi connectivity index (χ1n) is 9.53. The van der Waals surface area contributed by atoms with Crippen molar-refractivity contribution in [3.63, 3.8) is 0 Å². The minimum Gasteiger partial charge on any atom is -0.362 e. The molecule has 31 heavy (non-hydrogen) atoms. The zero-order valence-electron chi connectivity index (χ0n) is 16.4. The van der Waals surface area contributed by atoms with Crippen LogP contribution in [0.5, 0.6) is 0 Å². The third-order valence-corrected chi connectivity index (χ3v) is 6.33. The fourth-order valence-electron chi connectivity index (χ4n) is 4.04. The van der Waals surface area contributed by atoms with Crippen LogP contribution in [0.25, 0.3) is 0 Å². The van der Waals surface area contributed by atoms with Crippen molar-refractivity contribution in [1.29, 1.82) is 15.9 Å². The lowest BCUT2D eigenvalue weighted by Gasteiger charge is -2.42. The van der Waals surface area contributed by atoms with Crippen LogP contribution in [0.3, 0.4) is 0 Å². The van der Waals surface area contributed by atoms with Crippen molar-refractivity contribution < 1.29 is 9.67 Å². The van der Waals surface area contributed by atoms with E-state index < -0.39 is 17.7 Å². The Bertz CT molecular complexity index is 1250. The second-order valence-electron chi connectivity index (χ2n) is 7.03. The van der Waals surface area contributed by atoms with E-state index in [0.29, 0.717) is 5.56 Å². The number of nitrogens with one attached hydrogen (secondary N) is 2. The fraction of sp³-hybridized carbons (Fsp3) is 0.125. The summed E-state index contributed by atoms with van der Waals surface area (Å²) in [5, 5.41) is 44.4. The Labute approximate surface area is 183 Å². The number of aromatic nitrogens is 1. The van der Waals surface area contributed by atoms with Gasteiger partial charge in [-0.2, -0.15) is 15.1 Å². The predicted molar refractivity (Wildman–Crippen MR) is 116 cm³/mol. The molecule has 0 spiro atoms. The number of rotatable bonds is 4. The molecule has 3 heterocycles. The summed E-state index contributed by atoms with van der Waals surface area (Å²) in [5.74, 6) is 1.56. The largest absolute Gasteiger partial charge is 0.362 e.